The lowest BCUT2D eigenvalue weighted by molar-refractivity contribution is -0.133. The third kappa shape index (κ3) is 2.96. The number of nitrogens with one attached hydrogen (secondary N) is 1. The normalized spacial score (nSPS) is 27.4. The minimum Gasteiger partial charge on any atom is -0.395 e. The summed E-state index contributed by atoms with van der Waals surface area (Å²) in [6.07, 6.45) is 2.06. The molecule has 0 aliphatic carbocycles. The maximum Gasteiger partial charge on any atom is 0.239 e. The average Bonchev–Trinajstić information content (AvgIpc) is 2.17. The van der Waals surface area contributed by atoms with Gasteiger partial charge in [-0.1, -0.05) is 6.92 Å². The highest BCUT2D eigenvalue weighted by molar-refractivity contribution is 5.81. The molecule has 14 heavy (non-hydrogen) atoms. The molecule has 0 saturated carbocycles. The molecule has 2 atom stereocenters. The van der Waals surface area contributed by atoms with Gasteiger partial charge in [-0.3, -0.25) is 4.79 Å². The molecular formula is C10H20N2O2. The van der Waals surface area contributed by atoms with Crippen molar-refractivity contribution in [2.45, 2.75) is 25.8 Å². The van der Waals surface area contributed by atoms with Gasteiger partial charge in [-0.25, -0.2) is 0 Å². The molecule has 2 unspecified atom stereocenters. The number of amides is 1. The van der Waals surface area contributed by atoms with Crippen LogP contribution in [0.15, 0.2) is 0 Å². The molecule has 1 aliphatic heterocycles. The molecule has 1 rings (SSSR count). The van der Waals surface area contributed by atoms with E-state index in [0.29, 0.717) is 12.5 Å². The van der Waals surface area contributed by atoms with E-state index in [9.17, 15) is 4.79 Å². The van der Waals surface area contributed by atoms with Crippen molar-refractivity contribution in [1.29, 1.82) is 0 Å². The van der Waals surface area contributed by atoms with Crippen molar-refractivity contribution < 1.29 is 9.90 Å². The minimum absolute atomic E-state index is 0.0323. The molecule has 2 N–H and O–H groups in total. The maximum atomic E-state index is 11.8. The molecule has 1 saturated heterocycles. The number of piperidine rings is 1. The monoisotopic (exact) mass is 200 g/mol. The van der Waals surface area contributed by atoms with Gasteiger partial charge in [0.2, 0.25) is 5.91 Å². The first-order chi connectivity index (χ1) is 6.65. The second-order valence-electron chi connectivity index (χ2n) is 4.12. The number of nitrogens with zero attached hydrogens (tertiary/aromatic N) is 1. The van der Waals surface area contributed by atoms with Crippen LogP contribution in [0.3, 0.4) is 0 Å². The van der Waals surface area contributed by atoms with Crippen LogP contribution in [0.5, 0.6) is 0 Å². The lowest BCUT2D eigenvalue weighted by Gasteiger charge is -2.30. The van der Waals surface area contributed by atoms with E-state index in [1.807, 2.05) is 0 Å². The molecule has 0 bridgehead atoms. The van der Waals surface area contributed by atoms with Gasteiger partial charge < -0.3 is 15.3 Å². The molecule has 0 spiro atoms. The Bertz CT molecular complexity index is 197. The van der Waals surface area contributed by atoms with E-state index >= 15 is 0 Å². The topological polar surface area (TPSA) is 52.6 Å². The first-order valence-electron chi connectivity index (χ1n) is 5.24. The smallest absolute Gasteiger partial charge is 0.239 e. The Hall–Kier alpha value is -0.610. The molecule has 82 valence electrons. The van der Waals surface area contributed by atoms with Crippen molar-refractivity contribution >= 4 is 5.91 Å². The molecule has 1 amide bonds. The van der Waals surface area contributed by atoms with Crippen molar-refractivity contribution in [3.05, 3.63) is 0 Å². The Morgan fingerprint density at radius 3 is 2.93 bits per heavy atom. The van der Waals surface area contributed by atoms with Gasteiger partial charge in [0.05, 0.1) is 12.6 Å². The van der Waals surface area contributed by atoms with Gasteiger partial charge in [0.1, 0.15) is 0 Å². The van der Waals surface area contributed by atoms with E-state index in [1.54, 1.807) is 11.9 Å². The third-order valence-electron chi connectivity index (χ3n) is 2.78. The van der Waals surface area contributed by atoms with Crippen LogP contribution < -0.4 is 5.32 Å². The van der Waals surface area contributed by atoms with E-state index in [2.05, 4.69) is 12.2 Å². The fraction of sp³-hybridized carbons (Fsp3) is 0.900. The molecule has 0 radical (unpaired) electrons. The second kappa shape index (κ2) is 5.32. The van der Waals surface area contributed by atoms with Crippen LogP contribution in [-0.2, 0) is 4.79 Å². The van der Waals surface area contributed by atoms with Gasteiger partial charge >= 0.3 is 0 Å². The maximum absolute atomic E-state index is 11.8. The first-order valence-corrected chi connectivity index (χ1v) is 5.24. The number of rotatable bonds is 3. The zero-order valence-corrected chi connectivity index (χ0v) is 8.99. The van der Waals surface area contributed by atoms with Crippen LogP contribution in [0.4, 0.5) is 0 Å². The lowest BCUT2D eigenvalue weighted by Crippen LogP contribution is -2.49. The summed E-state index contributed by atoms with van der Waals surface area (Å²) in [5, 5.41) is 11.9. The minimum atomic E-state index is -0.0460. The molecule has 0 aromatic carbocycles. The van der Waals surface area contributed by atoms with Crippen LogP contribution in [-0.4, -0.2) is 48.7 Å². The fourth-order valence-corrected chi connectivity index (χ4v) is 1.82. The summed E-state index contributed by atoms with van der Waals surface area (Å²) in [6.45, 7) is 3.55. The third-order valence-corrected chi connectivity index (χ3v) is 2.78. The van der Waals surface area contributed by atoms with Crippen molar-refractivity contribution in [3.63, 3.8) is 0 Å². The number of carbonyl (C=O) groups is 1. The first kappa shape index (κ1) is 11.5. The van der Waals surface area contributed by atoms with Crippen LogP contribution in [0.2, 0.25) is 0 Å². The largest absolute Gasteiger partial charge is 0.395 e. The Labute approximate surface area is 85.3 Å². The lowest BCUT2D eigenvalue weighted by atomic mass is 9.94. The van der Waals surface area contributed by atoms with Crippen molar-refractivity contribution in [2.24, 2.45) is 5.92 Å². The highest BCUT2D eigenvalue weighted by Gasteiger charge is 2.26. The summed E-state index contributed by atoms with van der Waals surface area (Å²) < 4.78 is 0. The van der Waals surface area contributed by atoms with Gasteiger partial charge in [-0.15, -0.1) is 0 Å². The number of likely N-dealkylation sites (N-methyl/N-ethyl adjacent to an activating group) is 1. The van der Waals surface area contributed by atoms with Crippen molar-refractivity contribution in [2.75, 3.05) is 26.7 Å². The zero-order chi connectivity index (χ0) is 10.6. The summed E-state index contributed by atoms with van der Waals surface area (Å²) in [4.78, 5) is 13.4. The highest BCUT2D eigenvalue weighted by Crippen LogP contribution is 2.16. The van der Waals surface area contributed by atoms with Gasteiger partial charge in [-0.05, 0) is 25.3 Å². The molecular weight excluding hydrogens is 180 g/mol. The van der Waals surface area contributed by atoms with Crippen molar-refractivity contribution in [1.82, 2.24) is 10.2 Å². The molecule has 4 nitrogen and oxygen atoms in total. The fourth-order valence-electron chi connectivity index (χ4n) is 1.82. The highest BCUT2D eigenvalue weighted by atomic mass is 16.3. The molecule has 1 aliphatic rings. The van der Waals surface area contributed by atoms with E-state index in [4.69, 9.17) is 5.11 Å². The van der Waals surface area contributed by atoms with E-state index in [-0.39, 0.29) is 18.6 Å². The van der Waals surface area contributed by atoms with Crippen LogP contribution in [0.25, 0.3) is 0 Å². The number of hydrogen-bond acceptors (Lipinski definition) is 3. The van der Waals surface area contributed by atoms with Crippen LogP contribution in [0.1, 0.15) is 19.8 Å². The second-order valence-corrected chi connectivity index (χ2v) is 4.12. The predicted octanol–water partition coefficient (Wildman–Crippen LogP) is -0.175. The van der Waals surface area contributed by atoms with Crippen LogP contribution in [0, 0.1) is 5.92 Å². The molecule has 1 heterocycles. The summed E-state index contributed by atoms with van der Waals surface area (Å²) in [6, 6.07) is -0.0460. The molecule has 0 aromatic heterocycles. The van der Waals surface area contributed by atoms with Gasteiger partial charge in [-0.2, -0.15) is 0 Å². The van der Waals surface area contributed by atoms with Gasteiger partial charge in [0.25, 0.3) is 0 Å². The molecule has 4 heteroatoms. The Balaban J connectivity index is 2.42. The van der Waals surface area contributed by atoms with Gasteiger partial charge in [0, 0.05) is 13.6 Å². The number of carbonyl (C=O) groups excluding carboxylic acids is 1. The standard InChI is InChI=1S/C10H20N2O2/c1-8-3-4-11-9(7-8)10(14)12(2)5-6-13/h8-9,11,13H,3-7H2,1-2H3. The molecule has 0 aromatic rings. The SMILES string of the molecule is CC1CCNC(C(=O)N(C)CCO)C1. The summed E-state index contributed by atoms with van der Waals surface area (Å²) in [7, 11) is 1.74. The van der Waals surface area contributed by atoms with Crippen molar-refractivity contribution in [3.8, 4) is 0 Å². The number of aliphatic hydroxyl groups excluding tert-OH is 1. The number of aliphatic hydroxyl groups is 1. The molecule has 1 fully saturated rings. The van der Waals surface area contributed by atoms with E-state index in [1.165, 1.54) is 0 Å². The summed E-state index contributed by atoms with van der Waals surface area (Å²) >= 11 is 0. The number of hydrogen-bond donors (Lipinski definition) is 2. The predicted molar refractivity (Wildman–Crippen MR) is 54.9 cm³/mol. The quantitative estimate of drug-likeness (QED) is 0.665. The Kier molecular flexibility index (Phi) is 4.35. The average molecular weight is 200 g/mol. The Morgan fingerprint density at radius 2 is 2.36 bits per heavy atom. The van der Waals surface area contributed by atoms with E-state index in [0.717, 1.165) is 19.4 Å². The summed E-state index contributed by atoms with van der Waals surface area (Å²) in [5.74, 6) is 0.721. The van der Waals surface area contributed by atoms with E-state index < -0.39 is 0 Å². The summed E-state index contributed by atoms with van der Waals surface area (Å²) in [5.41, 5.74) is 0. The van der Waals surface area contributed by atoms with Crippen LogP contribution >= 0.6 is 0 Å². The zero-order valence-electron chi connectivity index (χ0n) is 8.99. The Morgan fingerprint density at radius 1 is 1.64 bits per heavy atom. The van der Waals surface area contributed by atoms with Gasteiger partial charge in [0.15, 0.2) is 0 Å².